The van der Waals surface area contributed by atoms with Crippen molar-refractivity contribution in [1.29, 1.82) is 0 Å². The van der Waals surface area contributed by atoms with Crippen molar-refractivity contribution in [2.45, 2.75) is 219 Å². The summed E-state index contributed by atoms with van der Waals surface area (Å²) in [6, 6.07) is 0. The van der Waals surface area contributed by atoms with Gasteiger partial charge in [-0.15, -0.1) is 0 Å². The van der Waals surface area contributed by atoms with Gasteiger partial charge in [-0.1, -0.05) is 188 Å². The topological polar surface area (TPSA) is 78.9 Å². The van der Waals surface area contributed by atoms with Crippen LogP contribution in [0.2, 0.25) is 0 Å². The molecule has 0 fully saturated rings. The Labute approximate surface area is 387 Å². The van der Waals surface area contributed by atoms with E-state index in [0.29, 0.717) is 19.3 Å². The van der Waals surface area contributed by atoms with E-state index in [1.54, 1.807) is 0 Å². The molecule has 0 N–H and O–H groups in total. The van der Waals surface area contributed by atoms with Crippen LogP contribution in [0.25, 0.3) is 0 Å². The third-order valence-electron chi connectivity index (χ3n) is 10.2. The molecule has 1 atom stereocenters. The average Bonchev–Trinajstić information content (AvgIpc) is 3.28. The fourth-order valence-corrected chi connectivity index (χ4v) is 6.40. The lowest BCUT2D eigenvalue weighted by Gasteiger charge is -2.18. The Morgan fingerprint density at radius 2 is 0.651 bits per heavy atom. The number of unbranched alkanes of at least 4 members (excludes halogenated alkanes) is 15. The predicted molar refractivity (Wildman–Crippen MR) is 270 cm³/mol. The van der Waals surface area contributed by atoms with Crippen LogP contribution in [0.5, 0.6) is 0 Å². The van der Waals surface area contributed by atoms with Crippen molar-refractivity contribution < 1.29 is 28.6 Å². The third-order valence-corrected chi connectivity index (χ3v) is 10.2. The zero-order valence-electron chi connectivity index (χ0n) is 40.5. The SMILES string of the molecule is CC/C=C\C/C=C\C/C=C\C/C=C\CCCCCCC(=O)OC[C@H](COC(=O)CCCCCCC/C=C\CCCC)OC(=O)CCC/C=C\C/C=C\C/C=C\C/C=C\CCCCC. The first-order valence-corrected chi connectivity index (χ1v) is 25.4. The van der Waals surface area contributed by atoms with Crippen molar-refractivity contribution in [3.8, 4) is 0 Å². The first-order valence-electron chi connectivity index (χ1n) is 25.4. The highest BCUT2D eigenvalue weighted by Gasteiger charge is 2.19. The van der Waals surface area contributed by atoms with E-state index in [1.807, 2.05) is 0 Å². The quantitative estimate of drug-likeness (QED) is 0.0263. The number of esters is 3. The minimum Gasteiger partial charge on any atom is -0.462 e. The van der Waals surface area contributed by atoms with E-state index in [0.717, 1.165) is 116 Å². The molecule has 0 aromatic rings. The first-order chi connectivity index (χ1) is 31.0. The Balaban J connectivity index is 4.54. The van der Waals surface area contributed by atoms with E-state index in [4.69, 9.17) is 14.2 Å². The second kappa shape index (κ2) is 50.7. The fraction of sp³-hybridized carbons (Fsp3) is 0.632. The highest BCUT2D eigenvalue weighted by Crippen LogP contribution is 2.12. The molecule has 356 valence electrons. The first kappa shape index (κ1) is 59.1. The average molecular weight is 873 g/mol. The van der Waals surface area contributed by atoms with E-state index >= 15 is 0 Å². The zero-order valence-corrected chi connectivity index (χ0v) is 40.5. The van der Waals surface area contributed by atoms with Crippen LogP contribution in [0.1, 0.15) is 213 Å². The van der Waals surface area contributed by atoms with E-state index < -0.39 is 6.10 Å². The fourth-order valence-electron chi connectivity index (χ4n) is 6.40. The molecule has 0 aliphatic heterocycles. The normalized spacial score (nSPS) is 13.0. The Morgan fingerprint density at radius 1 is 0.333 bits per heavy atom. The van der Waals surface area contributed by atoms with Gasteiger partial charge in [0.05, 0.1) is 0 Å². The maximum absolute atomic E-state index is 12.8. The van der Waals surface area contributed by atoms with Crippen LogP contribution in [0.3, 0.4) is 0 Å². The number of carbonyl (C=O) groups is 3. The summed E-state index contributed by atoms with van der Waals surface area (Å²) < 4.78 is 16.7. The van der Waals surface area contributed by atoms with Gasteiger partial charge in [0.15, 0.2) is 6.10 Å². The molecule has 0 aliphatic rings. The summed E-state index contributed by atoms with van der Waals surface area (Å²) in [5.41, 5.74) is 0. The van der Waals surface area contributed by atoms with E-state index in [1.165, 1.54) is 51.4 Å². The molecule has 0 saturated heterocycles. The molecule has 0 heterocycles. The van der Waals surface area contributed by atoms with Gasteiger partial charge in [0.1, 0.15) is 13.2 Å². The van der Waals surface area contributed by atoms with Crippen LogP contribution in [0.4, 0.5) is 0 Å². The van der Waals surface area contributed by atoms with Crippen molar-refractivity contribution in [1.82, 2.24) is 0 Å². The summed E-state index contributed by atoms with van der Waals surface area (Å²) in [7, 11) is 0. The smallest absolute Gasteiger partial charge is 0.306 e. The molecule has 0 rings (SSSR count). The van der Waals surface area contributed by atoms with Gasteiger partial charge in [-0.3, -0.25) is 14.4 Å². The minimum absolute atomic E-state index is 0.114. The van der Waals surface area contributed by atoms with Gasteiger partial charge in [0.2, 0.25) is 0 Å². The number of ether oxygens (including phenoxy) is 3. The molecule has 0 amide bonds. The highest BCUT2D eigenvalue weighted by molar-refractivity contribution is 5.71. The standard InChI is InChI=1S/C57H92O6/c1-4-7-10-13-16-19-22-24-26-28-30-32-35-38-41-44-47-50-56(59)62-53-54(52-61-55(58)49-46-43-40-37-34-21-18-15-12-9-6-3)63-57(60)51-48-45-42-39-36-33-31-29-27-25-23-20-17-14-11-8-5-2/h7,10,15-20,24-27,30-33,39,42,54H,4-6,8-9,11-14,21-23,28-29,34-38,40-41,43-53H2,1-3H3/b10-7-,18-15-,19-16-,20-17-,26-24-,27-25-,32-30-,33-31-,42-39-/t54-/m0/s1. The van der Waals surface area contributed by atoms with Crippen LogP contribution in [-0.4, -0.2) is 37.2 Å². The summed E-state index contributed by atoms with van der Waals surface area (Å²) in [5, 5.41) is 0. The number of hydrogen-bond donors (Lipinski definition) is 0. The number of rotatable bonds is 44. The minimum atomic E-state index is -0.821. The maximum atomic E-state index is 12.8. The van der Waals surface area contributed by atoms with Crippen LogP contribution in [0, 0.1) is 0 Å². The molecule has 6 heteroatoms. The Morgan fingerprint density at radius 3 is 1.08 bits per heavy atom. The van der Waals surface area contributed by atoms with Gasteiger partial charge in [-0.2, -0.15) is 0 Å². The molecule has 0 spiro atoms. The van der Waals surface area contributed by atoms with Crippen molar-refractivity contribution >= 4 is 17.9 Å². The van der Waals surface area contributed by atoms with E-state index in [-0.39, 0.29) is 37.5 Å². The number of hydrogen-bond acceptors (Lipinski definition) is 6. The zero-order chi connectivity index (χ0) is 45.8. The van der Waals surface area contributed by atoms with Crippen LogP contribution < -0.4 is 0 Å². The second-order valence-corrected chi connectivity index (χ2v) is 16.3. The Kier molecular flexibility index (Phi) is 47.5. The summed E-state index contributed by atoms with van der Waals surface area (Å²) in [6.07, 6.45) is 67.9. The molecule has 0 unspecified atom stereocenters. The Bertz CT molecular complexity index is 1330. The number of allylic oxidation sites excluding steroid dienone is 18. The third kappa shape index (κ3) is 49.0. The molecule has 0 radical (unpaired) electrons. The molecule has 63 heavy (non-hydrogen) atoms. The largest absolute Gasteiger partial charge is 0.462 e. The molecule has 0 aromatic heterocycles. The van der Waals surface area contributed by atoms with Crippen molar-refractivity contribution in [2.24, 2.45) is 0 Å². The molecular weight excluding hydrogens is 781 g/mol. The molecule has 6 nitrogen and oxygen atoms in total. The lowest BCUT2D eigenvalue weighted by atomic mass is 10.1. The predicted octanol–water partition coefficient (Wildman–Crippen LogP) is 16.8. The lowest BCUT2D eigenvalue weighted by Crippen LogP contribution is -2.30. The molecule has 0 aliphatic carbocycles. The van der Waals surface area contributed by atoms with Crippen molar-refractivity contribution in [3.63, 3.8) is 0 Å². The van der Waals surface area contributed by atoms with E-state index in [9.17, 15) is 14.4 Å². The molecule has 0 saturated carbocycles. The van der Waals surface area contributed by atoms with Gasteiger partial charge >= 0.3 is 17.9 Å². The molecule has 0 bridgehead atoms. The summed E-state index contributed by atoms with van der Waals surface area (Å²) >= 11 is 0. The summed E-state index contributed by atoms with van der Waals surface area (Å²) in [5.74, 6) is -1.01. The molecule has 0 aromatic carbocycles. The van der Waals surface area contributed by atoms with Crippen molar-refractivity contribution in [3.05, 3.63) is 109 Å². The van der Waals surface area contributed by atoms with E-state index in [2.05, 4.69) is 130 Å². The number of carbonyl (C=O) groups excluding carboxylic acids is 3. The van der Waals surface area contributed by atoms with Gasteiger partial charge in [-0.05, 0) is 116 Å². The van der Waals surface area contributed by atoms with Gasteiger partial charge in [-0.25, -0.2) is 0 Å². The summed E-state index contributed by atoms with van der Waals surface area (Å²) in [6.45, 7) is 6.36. The van der Waals surface area contributed by atoms with Gasteiger partial charge in [0, 0.05) is 19.3 Å². The lowest BCUT2D eigenvalue weighted by molar-refractivity contribution is -0.167. The Hall–Kier alpha value is -3.93. The van der Waals surface area contributed by atoms with Gasteiger partial charge < -0.3 is 14.2 Å². The molecular formula is C57H92O6. The van der Waals surface area contributed by atoms with Crippen molar-refractivity contribution in [2.75, 3.05) is 13.2 Å². The van der Waals surface area contributed by atoms with Crippen LogP contribution in [-0.2, 0) is 28.6 Å². The summed E-state index contributed by atoms with van der Waals surface area (Å²) in [4.78, 5) is 37.9. The van der Waals surface area contributed by atoms with Crippen LogP contribution in [0.15, 0.2) is 109 Å². The van der Waals surface area contributed by atoms with Crippen LogP contribution >= 0.6 is 0 Å². The monoisotopic (exact) mass is 873 g/mol. The maximum Gasteiger partial charge on any atom is 0.306 e. The second-order valence-electron chi connectivity index (χ2n) is 16.3. The highest BCUT2D eigenvalue weighted by atomic mass is 16.6. The van der Waals surface area contributed by atoms with Gasteiger partial charge in [0.25, 0.3) is 0 Å².